The number of fused-ring (bicyclic) bond motifs is 1. The summed E-state index contributed by atoms with van der Waals surface area (Å²) >= 11 is 0. The van der Waals surface area contributed by atoms with Gasteiger partial charge in [0.25, 0.3) is 5.56 Å². The molecule has 0 saturated carbocycles. The number of hydrogen-bond acceptors (Lipinski definition) is 5. The highest BCUT2D eigenvalue weighted by Gasteiger charge is 2.15. The highest BCUT2D eigenvalue weighted by atomic mass is 16.1. The molecule has 0 amide bonds. The van der Waals surface area contributed by atoms with Crippen molar-refractivity contribution in [3.8, 4) is 0 Å². The van der Waals surface area contributed by atoms with Crippen LogP contribution < -0.4 is 15.8 Å². The van der Waals surface area contributed by atoms with Gasteiger partial charge in [-0.3, -0.25) is 14.8 Å². The molecule has 0 spiro atoms. The molecule has 0 fully saturated rings. The highest BCUT2D eigenvalue weighted by molar-refractivity contribution is 5.34. The first-order valence-corrected chi connectivity index (χ1v) is 7.17. The predicted molar refractivity (Wildman–Crippen MR) is 81.5 cm³/mol. The monoisotopic (exact) mass is 285 g/mol. The van der Waals surface area contributed by atoms with E-state index in [-0.39, 0.29) is 5.56 Å². The number of aromatic amines is 1. The second-order valence-electron chi connectivity index (χ2n) is 5.28. The lowest BCUT2D eigenvalue weighted by molar-refractivity contribution is 0.708. The van der Waals surface area contributed by atoms with Gasteiger partial charge in [-0.15, -0.1) is 0 Å². The van der Waals surface area contributed by atoms with Crippen molar-refractivity contribution in [1.29, 1.82) is 0 Å². The number of nitrogens with zero attached hydrogens (tertiary/aromatic N) is 3. The minimum Gasteiger partial charge on any atom is -0.341 e. The molecule has 3 rings (SSSR count). The van der Waals surface area contributed by atoms with E-state index in [2.05, 4.69) is 20.3 Å². The van der Waals surface area contributed by atoms with Crippen molar-refractivity contribution in [3.05, 3.63) is 51.7 Å². The van der Waals surface area contributed by atoms with Gasteiger partial charge in [-0.05, 0) is 24.6 Å². The fraction of sp³-hybridized carbons (Fsp3) is 0.400. The predicted octanol–water partition coefficient (Wildman–Crippen LogP) is 0.489. The van der Waals surface area contributed by atoms with Crippen LogP contribution >= 0.6 is 0 Å². The molecule has 1 aliphatic heterocycles. The summed E-state index contributed by atoms with van der Waals surface area (Å²) < 4.78 is 0. The van der Waals surface area contributed by atoms with Crippen LogP contribution in [-0.4, -0.2) is 35.1 Å². The molecule has 3 heterocycles. The summed E-state index contributed by atoms with van der Waals surface area (Å²) in [6, 6.07) is 3.91. The van der Waals surface area contributed by atoms with Crippen LogP contribution in [-0.2, 0) is 19.4 Å². The number of nitrogens with one attached hydrogen (secondary N) is 2. The molecule has 0 aromatic carbocycles. The Morgan fingerprint density at radius 3 is 3.00 bits per heavy atom. The van der Waals surface area contributed by atoms with E-state index in [1.807, 2.05) is 30.3 Å². The second-order valence-corrected chi connectivity index (χ2v) is 5.28. The normalized spacial score (nSPS) is 14.3. The lowest BCUT2D eigenvalue weighted by Gasteiger charge is -2.18. The zero-order valence-electron chi connectivity index (χ0n) is 12.1. The van der Waals surface area contributed by atoms with Gasteiger partial charge in [0.15, 0.2) is 0 Å². The molecular weight excluding hydrogens is 266 g/mol. The fourth-order valence-corrected chi connectivity index (χ4v) is 2.56. The van der Waals surface area contributed by atoms with Crippen LogP contribution in [0.2, 0.25) is 0 Å². The summed E-state index contributed by atoms with van der Waals surface area (Å²) in [4.78, 5) is 25.8. The molecule has 2 N–H and O–H groups in total. The molecule has 6 nitrogen and oxygen atoms in total. The van der Waals surface area contributed by atoms with E-state index < -0.39 is 0 Å². The Kier molecular flexibility index (Phi) is 3.96. The lowest BCUT2D eigenvalue weighted by atomic mass is 10.1. The molecule has 0 unspecified atom stereocenters. The van der Waals surface area contributed by atoms with Crippen LogP contribution in [0.5, 0.6) is 0 Å². The number of rotatable bonds is 3. The minimum absolute atomic E-state index is 0.0169. The molecule has 1 aliphatic rings. The molecule has 2 aromatic heterocycles. The number of pyridine rings is 1. The Labute approximate surface area is 123 Å². The first kappa shape index (κ1) is 13.8. The van der Waals surface area contributed by atoms with Crippen LogP contribution in [0.4, 0.5) is 5.95 Å². The van der Waals surface area contributed by atoms with Gasteiger partial charge in [0, 0.05) is 44.5 Å². The van der Waals surface area contributed by atoms with E-state index in [0.29, 0.717) is 12.5 Å². The summed E-state index contributed by atoms with van der Waals surface area (Å²) in [5.74, 6) is 0.615. The van der Waals surface area contributed by atoms with Crippen molar-refractivity contribution in [3.63, 3.8) is 0 Å². The van der Waals surface area contributed by atoms with E-state index in [4.69, 9.17) is 0 Å². The van der Waals surface area contributed by atoms with Crippen molar-refractivity contribution in [2.45, 2.75) is 19.4 Å². The van der Waals surface area contributed by atoms with Gasteiger partial charge in [-0.1, -0.05) is 6.07 Å². The molecule has 0 atom stereocenters. The van der Waals surface area contributed by atoms with E-state index >= 15 is 0 Å². The minimum atomic E-state index is -0.0169. The lowest BCUT2D eigenvalue weighted by Crippen LogP contribution is -2.26. The first-order chi connectivity index (χ1) is 10.2. The molecule has 0 bridgehead atoms. The summed E-state index contributed by atoms with van der Waals surface area (Å²) in [6.45, 7) is 2.37. The SMILES string of the molecule is CN(Cc1cccnc1)c1nc2c(c(=O)[nH]1)CCNCC2. The average Bonchev–Trinajstić information content (AvgIpc) is 2.74. The first-order valence-electron chi connectivity index (χ1n) is 7.17. The molecule has 0 radical (unpaired) electrons. The average molecular weight is 285 g/mol. The molecule has 6 heteroatoms. The van der Waals surface area contributed by atoms with Gasteiger partial charge in [0.2, 0.25) is 5.95 Å². The third-order valence-electron chi connectivity index (χ3n) is 3.68. The summed E-state index contributed by atoms with van der Waals surface area (Å²) in [6.07, 6.45) is 5.11. The Morgan fingerprint density at radius 2 is 2.19 bits per heavy atom. The molecule has 21 heavy (non-hydrogen) atoms. The van der Waals surface area contributed by atoms with Crippen LogP contribution in [0.25, 0.3) is 0 Å². The quantitative estimate of drug-likeness (QED) is 0.858. The topological polar surface area (TPSA) is 73.9 Å². The number of aromatic nitrogens is 3. The fourth-order valence-electron chi connectivity index (χ4n) is 2.56. The zero-order valence-corrected chi connectivity index (χ0v) is 12.1. The zero-order chi connectivity index (χ0) is 14.7. The van der Waals surface area contributed by atoms with Crippen molar-refractivity contribution in [1.82, 2.24) is 20.3 Å². The van der Waals surface area contributed by atoms with Crippen LogP contribution in [0, 0.1) is 0 Å². The highest BCUT2D eigenvalue weighted by Crippen LogP contribution is 2.12. The van der Waals surface area contributed by atoms with Crippen LogP contribution in [0.3, 0.4) is 0 Å². The van der Waals surface area contributed by atoms with E-state index in [9.17, 15) is 4.79 Å². The third-order valence-corrected chi connectivity index (χ3v) is 3.68. The maximum atomic E-state index is 12.2. The third kappa shape index (κ3) is 3.11. The van der Waals surface area contributed by atoms with Gasteiger partial charge in [0.05, 0.1) is 5.69 Å². The Balaban J connectivity index is 1.87. The molecule has 0 aliphatic carbocycles. The van der Waals surface area contributed by atoms with Crippen molar-refractivity contribution in [2.75, 3.05) is 25.0 Å². The smallest absolute Gasteiger partial charge is 0.255 e. The summed E-state index contributed by atoms with van der Waals surface area (Å²) in [5, 5.41) is 3.30. The molecular formula is C15H19N5O. The number of H-pyrrole nitrogens is 1. The van der Waals surface area contributed by atoms with E-state index in [1.165, 1.54) is 0 Å². The van der Waals surface area contributed by atoms with Gasteiger partial charge < -0.3 is 10.2 Å². The maximum Gasteiger partial charge on any atom is 0.255 e. The van der Waals surface area contributed by atoms with Crippen LogP contribution in [0.1, 0.15) is 16.8 Å². The van der Waals surface area contributed by atoms with Gasteiger partial charge >= 0.3 is 0 Å². The summed E-state index contributed by atoms with van der Waals surface area (Å²) in [5.41, 5.74) is 2.80. The van der Waals surface area contributed by atoms with Crippen LogP contribution in [0.15, 0.2) is 29.3 Å². The maximum absolute atomic E-state index is 12.2. The van der Waals surface area contributed by atoms with Crippen molar-refractivity contribution in [2.24, 2.45) is 0 Å². The Morgan fingerprint density at radius 1 is 1.33 bits per heavy atom. The van der Waals surface area contributed by atoms with Gasteiger partial charge in [-0.25, -0.2) is 4.98 Å². The van der Waals surface area contributed by atoms with Crippen molar-refractivity contribution < 1.29 is 0 Å². The van der Waals surface area contributed by atoms with Crippen molar-refractivity contribution >= 4 is 5.95 Å². The van der Waals surface area contributed by atoms with Gasteiger partial charge in [0.1, 0.15) is 0 Å². The largest absolute Gasteiger partial charge is 0.341 e. The van der Waals surface area contributed by atoms with E-state index in [1.54, 1.807) is 6.20 Å². The molecule has 110 valence electrons. The summed E-state index contributed by atoms with van der Waals surface area (Å²) in [7, 11) is 1.92. The Bertz CT molecular complexity index is 668. The molecule has 0 saturated heterocycles. The second kappa shape index (κ2) is 6.05. The van der Waals surface area contributed by atoms with Gasteiger partial charge in [-0.2, -0.15) is 0 Å². The number of anilines is 1. The number of hydrogen-bond donors (Lipinski definition) is 2. The Hall–Kier alpha value is -2.21. The standard InChI is InChI=1S/C15H19N5O/c1-20(10-11-3-2-6-17-9-11)15-18-13-5-8-16-7-4-12(13)14(21)19-15/h2-3,6,9,16H,4-5,7-8,10H2,1H3,(H,18,19,21). The molecule has 2 aromatic rings. The van der Waals surface area contributed by atoms with E-state index in [0.717, 1.165) is 42.8 Å².